The number of aromatic nitrogens is 5. The van der Waals surface area contributed by atoms with Crippen LogP contribution in [0, 0.1) is 12.3 Å². The first-order valence-electron chi connectivity index (χ1n) is 9.48. The largest absolute Gasteiger partial charge is 0.396 e. The zero-order chi connectivity index (χ0) is 21.1. The van der Waals surface area contributed by atoms with Gasteiger partial charge in [-0.3, -0.25) is 0 Å². The maximum absolute atomic E-state index is 13.0. The van der Waals surface area contributed by atoms with E-state index in [1.54, 1.807) is 18.2 Å². The van der Waals surface area contributed by atoms with Gasteiger partial charge in [0.05, 0.1) is 16.8 Å². The highest BCUT2D eigenvalue weighted by molar-refractivity contribution is 7.89. The molecule has 6 rings (SSSR count). The number of sulfonamides is 1. The van der Waals surface area contributed by atoms with E-state index in [-0.39, 0.29) is 22.7 Å². The molecule has 11 heteroatoms. The van der Waals surface area contributed by atoms with Crippen LogP contribution in [-0.4, -0.2) is 50.4 Å². The number of hydrogen-bond acceptors (Lipinski definition) is 8. The van der Waals surface area contributed by atoms with Crippen LogP contribution >= 0.6 is 0 Å². The Morgan fingerprint density at radius 3 is 2.73 bits per heavy atom. The second kappa shape index (κ2) is 6.30. The number of nitrogens with two attached hydrogens (primary N) is 1. The van der Waals surface area contributed by atoms with Gasteiger partial charge in [0.25, 0.3) is 0 Å². The summed E-state index contributed by atoms with van der Waals surface area (Å²) in [7, 11) is -3.72. The monoisotopic (exact) mass is 427 g/mol. The molecule has 3 aliphatic carbocycles. The predicted octanol–water partition coefficient (Wildman–Crippen LogP) is 0.808. The van der Waals surface area contributed by atoms with Crippen LogP contribution in [-0.2, 0) is 10.0 Å². The van der Waals surface area contributed by atoms with Gasteiger partial charge in [-0.25, -0.2) is 28.1 Å². The third-order valence-corrected chi connectivity index (χ3v) is 7.62. The Morgan fingerprint density at radius 1 is 1.30 bits per heavy atom. The van der Waals surface area contributed by atoms with Crippen LogP contribution in [0.15, 0.2) is 41.9 Å². The Labute approximate surface area is 173 Å². The van der Waals surface area contributed by atoms with Gasteiger partial charge in [0.15, 0.2) is 11.6 Å². The summed E-state index contributed by atoms with van der Waals surface area (Å²) in [5, 5.41) is 13.4. The molecule has 10 nitrogen and oxygen atoms in total. The lowest BCUT2D eigenvalue weighted by molar-refractivity contribution is -0.167. The zero-order valence-corrected chi connectivity index (χ0v) is 17.1. The first-order valence-corrected chi connectivity index (χ1v) is 11.0. The van der Waals surface area contributed by atoms with Crippen LogP contribution < -0.4 is 10.5 Å². The molecular weight excluding hydrogens is 406 g/mol. The Bertz CT molecular complexity index is 1220. The second-order valence-corrected chi connectivity index (χ2v) is 10.0. The molecule has 3 aromatic rings. The summed E-state index contributed by atoms with van der Waals surface area (Å²) in [5.74, 6) is 0.507. The fourth-order valence-corrected chi connectivity index (χ4v) is 6.09. The summed E-state index contributed by atoms with van der Waals surface area (Å²) < 4.78 is 30.3. The van der Waals surface area contributed by atoms with E-state index in [0.717, 1.165) is 5.56 Å². The molecule has 0 unspecified atom stereocenters. The van der Waals surface area contributed by atoms with Crippen molar-refractivity contribution in [1.82, 2.24) is 29.5 Å². The highest BCUT2D eigenvalue weighted by Crippen LogP contribution is 2.67. The maximum atomic E-state index is 13.0. The van der Waals surface area contributed by atoms with Crippen molar-refractivity contribution in [2.24, 2.45) is 5.41 Å². The quantitative estimate of drug-likeness (QED) is 0.523. The summed E-state index contributed by atoms with van der Waals surface area (Å²) in [4.78, 5) is 12.8. The molecule has 3 fully saturated rings. The summed E-state index contributed by atoms with van der Waals surface area (Å²) in [6.45, 7) is 1.98. The lowest BCUT2D eigenvalue weighted by atomic mass is 9.40. The van der Waals surface area contributed by atoms with Gasteiger partial charge in [-0.2, -0.15) is 9.78 Å². The third kappa shape index (κ3) is 2.89. The minimum Gasteiger partial charge on any atom is -0.396 e. The molecule has 30 heavy (non-hydrogen) atoms. The van der Waals surface area contributed by atoms with Gasteiger partial charge in [-0.15, -0.1) is 0 Å². The van der Waals surface area contributed by atoms with Crippen molar-refractivity contribution in [2.45, 2.75) is 36.6 Å². The fraction of sp³-hybridized carbons (Fsp3) is 0.368. The highest BCUT2D eigenvalue weighted by Gasteiger charge is 2.68. The normalized spacial score (nSPS) is 24.9. The lowest BCUT2D eigenvalue weighted by Crippen LogP contribution is -2.75. The van der Waals surface area contributed by atoms with Crippen molar-refractivity contribution < 1.29 is 13.5 Å². The Morgan fingerprint density at radius 2 is 2.07 bits per heavy atom. The number of rotatable bonds is 6. The van der Waals surface area contributed by atoms with E-state index in [1.165, 1.54) is 23.5 Å². The van der Waals surface area contributed by atoms with Crippen LogP contribution in [0.25, 0.3) is 17.1 Å². The molecule has 3 aliphatic rings. The summed E-state index contributed by atoms with van der Waals surface area (Å²) in [6, 6.07) is 4.92. The molecule has 4 N–H and O–H groups in total. The molecular formula is C19H21N7O3S. The molecule has 0 spiro atoms. The average molecular weight is 427 g/mol. The Balaban J connectivity index is 1.48. The number of aliphatic hydroxyl groups excluding tert-OH is 1. The number of nitrogens with one attached hydrogen (secondary N) is 1. The molecule has 0 amide bonds. The number of nitrogen functional groups attached to an aromatic ring is 1. The van der Waals surface area contributed by atoms with Gasteiger partial charge < -0.3 is 10.8 Å². The third-order valence-electron chi connectivity index (χ3n) is 6.04. The first-order chi connectivity index (χ1) is 14.2. The predicted molar refractivity (Wildman–Crippen MR) is 108 cm³/mol. The van der Waals surface area contributed by atoms with Gasteiger partial charge in [-0.1, -0.05) is 6.07 Å². The van der Waals surface area contributed by atoms with Crippen LogP contribution in [0.3, 0.4) is 0 Å². The van der Waals surface area contributed by atoms with E-state index in [4.69, 9.17) is 5.73 Å². The summed E-state index contributed by atoms with van der Waals surface area (Å²) in [6.07, 6.45) is 6.37. The summed E-state index contributed by atoms with van der Waals surface area (Å²) in [5.41, 5.74) is 7.39. The minimum absolute atomic E-state index is 0.0850. The van der Waals surface area contributed by atoms with Crippen molar-refractivity contribution in [3.05, 3.63) is 42.6 Å². The standard InChI is InChI=1S/C19H21N7O3S/c1-12-2-3-13(30(28,29)25-19-6-18(7-19,8-19)9-27)4-14(12)15-5-22-16(20)17(24-15)26-11-21-10-23-26/h2-5,10-11,25,27H,6-9H2,1H3,(H2,20,22). The van der Waals surface area contributed by atoms with Crippen LogP contribution in [0.4, 0.5) is 5.82 Å². The van der Waals surface area contributed by atoms with E-state index in [0.29, 0.717) is 36.3 Å². The van der Waals surface area contributed by atoms with Crippen molar-refractivity contribution in [2.75, 3.05) is 12.3 Å². The molecule has 0 atom stereocenters. The van der Waals surface area contributed by atoms with Gasteiger partial charge in [0.1, 0.15) is 12.7 Å². The molecule has 0 radical (unpaired) electrons. The smallest absolute Gasteiger partial charge is 0.241 e. The molecule has 156 valence electrons. The first kappa shape index (κ1) is 19.1. The van der Waals surface area contributed by atoms with Crippen molar-refractivity contribution in [3.63, 3.8) is 0 Å². The number of benzene rings is 1. The minimum atomic E-state index is -3.72. The molecule has 2 aromatic heterocycles. The number of aliphatic hydroxyl groups is 1. The van der Waals surface area contributed by atoms with Crippen LogP contribution in [0.1, 0.15) is 24.8 Å². The molecule has 0 aliphatic heterocycles. The number of aryl methyl sites for hydroxylation is 1. The van der Waals surface area contributed by atoms with E-state index < -0.39 is 15.6 Å². The second-order valence-electron chi connectivity index (χ2n) is 8.36. The molecule has 3 saturated carbocycles. The highest BCUT2D eigenvalue weighted by atomic mass is 32.2. The molecule has 2 heterocycles. The Hall–Kier alpha value is -2.89. The number of hydrogen-bond donors (Lipinski definition) is 3. The van der Waals surface area contributed by atoms with E-state index in [1.807, 2.05) is 6.92 Å². The van der Waals surface area contributed by atoms with Gasteiger partial charge >= 0.3 is 0 Å². The van der Waals surface area contributed by atoms with Crippen molar-refractivity contribution >= 4 is 15.8 Å². The SMILES string of the molecule is Cc1ccc(S(=O)(=O)NC23CC(CO)(C2)C3)cc1-c1cnc(N)c(-n2cncn2)n1. The van der Waals surface area contributed by atoms with Crippen molar-refractivity contribution in [3.8, 4) is 17.1 Å². The topological polar surface area (TPSA) is 149 Å². The number of nitrogens with zero attached hydrogens (tertiary/aromatic N) is 5. The van der Waals surface area contributed by atoms with E-state index in [9.17, 15) is 13.5 Å². The number of anilines is 1. The van der Waals surface area contributed by atoms with Crippen LogP contribution in [0.5, 0.6) is 0 Å². The van der Waals surface area contributed by atoms with Gasteiger partial charge in [0.2, 0.25) is 10.0 Å². The maximum Gasteiger partial charge on any atom is 0.241 e. The van der Waals surface area contributed by atoms with E-state index >= 15 is 0 Å². The van der Waals surface area contributed by atoms with Gasteiger partial charge in [-0.05, 0) is 49.3 Å². The Kier molecular flexibility index (Phi) is 4.01. The fourth-order valence-electron chi connectivity index (χ4n) is 4.67. The van der Waals surface area contributed by atoms with Crippen molar-refractivity contribution in [1.29, 1.82) is 0 Å². The average Bonchev–Trinajstić information content (AvgIpc) is 3.19. The van der Waals surface area contributed by atoms with Crippen LogP contribution in [0.2, 0.25) is 0 Å². The zero-order valence-electron chi connectivity index (χ0n) is 16.3. The summed E-state index contributed by atoms with van der Waals surface area (Å²) >= 11 is 0. The van der Waals surface area contributed by atoms with Gasteiger partial charge in [0, 0.05) is 17.7 Å². The van der Waals surface area contributed by atoms with E-state index in [2.05, 4.69) is 24.8 Å². The molecule has 0 saturated heterocycles. The molecule has 1 aromatic carbocycles. The molecule has 2 bridgehead atoms. The lowest BCUT2D eigenvalue weighted by Gasteiger charge is -2.69.